The van der Waals surface area contributed by atoms with Crippen molar-refractivity contribution >= 4 is 5.91 Å². The van der Waals surface area contributed by atoms with E-state index in [1.54, 1.807) is 0 Å². The van der Waals surface area contributed by atoms with Crippen molar-refractivity contribution in [3.63, 3.8) is 0 Å². The average Bonchev–Trinajstić information content (AvgIpc) is 3.26. The number of aromatic nitrogens is 3. The highest BCUT2D eigenvalue weighted by molar-refractivity contribution is 5.91. The molecule has 1 atom stereocenters. The van der Waals surface area contributed by atoms with Gasteiger partial charge in [-0.2, -0.15) is 0 Å². The lowest BCUT2D eigenvalue weighted by Crippen LogP contribution is -2.54. The van der Waals surface area contributed by atoms with Crippen LogP contribution in [0.5, 0.6) is 0 Å². The van der Waals surface area contributed by atoms with E-state index in [1.165, 1.54) is 12.8 Å². The molecule has 6 heteroatoms. The summed E-state index contributed by atoms with van der Waals surface area (Å²) in [4.78, 5) is 17.3. The van der Waals surface area contributed by atoms with E-state index in [-0.39, 0.29) is 11.9 Å². The second-order valence-corrected chi connectivity index (χ2v) is 6.62. The minimum Gasteiger partial charge on any atom is -0.331 e. The number of piperazine rings is 1. The van der Waals surface area contributed by atoms with Crippen LogP contribution < -0.4 is 0 Å². The molecule has 3 aliphatic rings. The third-order valence-corrected chi connectivity index (χ3v) is 5.03. The number of hydrogen-bond donors (Lipinski definition) is 0. The van der Waals surface area contributed by atoms with Crippen LogP contribution in [0.2, 0.25) is 0 Å². The summed E-state index contributed by atoms with van der Waals surface area (Å²) < 4.78 is 2.03. The second kappa shape index (κ2) is 5.09. The van der Waals surface area contributed by atoms with E-state index in [1.807, 2.05) is 9.47 Å². The van der Waals surface area contributed by atoms with Crippen LogP contribution in [0, 0.1) is 0 Å². The molecule has 21 heavy (non-hydrogen) atoms. The highest BCUT2D eigenvalue weighted by Crippen LogP contribution is 2.29. The summed E-state index contributed by atoms with van der Waals surface area (Å²) in [6.07, 6.45) is 5.89. The topological polar surface area (TPSA) is 54.3 Å². The van der Waals surface area contributed by atoms with Gasteiger partial charge in [-0.3, -0.25) is 9.69 Å². The maximum absolute atomic E-state index is 12.8. The van der Waals surface area contributed by atoms with Crippen LogP contribution in [-0.4, -0.2) is 62.2 Å². The fourth-order valence-electron chi connectivity index (χ4n) is 3.65. The van der Waals surface area contributed by atoms with Gasteiger partial charge in [-0.15, -0.1) is 10.2 Å². The van der Waals surface area contributed by atoms with E-state index in [4.69, 9.17) is 0 Å². The fraction of sp³-hybridized carbons (Fsp3) is 0.800. The van der Waals surface area contributed by atoms with Gasteiger partial charge in [0, 0.05) is 44.7 Å². The second-order valence-electron chi connectivity index (χ2n) is 6.62. The number of carbonyl (C=O) groups is 1. The first-order valence-corrected chi connectivity index (χ1v) is 8.21. The van der Waals surface area contributed by atoms with Crippen LogP contribution in [0.15, 0.2) is 0 Å². The summed E-state index contributed by atoms with van der Waals surface area (Å²) in [5, 5.41) is 8.39. The third-order valence-electron chi connectivity index (χ3n) is 5.03. The molecular weight excluding hydrogens is 266 g/mol. The molecule has 0 radical (unpaired) electrons. The van der Waals surface area contributed by atoms with Gasteiger partial charge in [-0.1, -0.05) is 0 Å². The highest BCUT2D eigenvalue weighted by atomic mass is 16.2. The summed E-state index contributed by atoms with van der Waals surface area (Å²) in [6.45, 7) is 5.86. The van der Waals surface area contributed by atoms with E-state index in [9.17, 15) is 4.79 Å². The predicted octanol–water partition coefficient (Wildman–Crippen LogP) is 0.923. The van der Waals surface area contributed by atoms with Crippen LogP contribution in [0.3, 0.4) is 0 Å². The number of hydrogen-bond acceptors (Lipinski definition) is 4. The van der Waals surface area contributed by atoms with Gasteiger partial charge in [0.05, 0.1) is 0 Å². The van der Waals surface area contributed by atoms with E-state index in [2.05, 4.69) is 22.0 Å². The van der Waals surface area contributed by atoms with E-state index in [0.29, 0.717) is 5.82 Å². The highest BCUT2D eigenvalue weighted by Gasteiger charge is 2.37. The van der Waals surface area contributed by atoms with Gasteiger partial charge in [0.25, 0.3) is 5.91 Å². The van der Waals surface area contributed by atoms with Gasteiger partial charge in [-0.05, 0) is 32.6 Å². The standard InChI is InChI=1S/C15H23N5O/c1-11-10-18(12-5-6-12)8-9-19(11)15(21)14-17-16-13-4-2-3-7-20(13)14/h11-12H,2-10H2,1H3. The Balaban J connectivity index is 1.50. The Labute approximate surface area is 125 Å². The molecule has 1 aliphatic carbocycles. The molecule has 1 aromatic heterocycles. The van der Waals surface area contributed by atoms with Crippen LogP contribution in [0.4, 0.5) is 0 Å². The van der Waals surface area contributed by atoms with E-state index in [0.717, 1.165) is 57.3 Å². The van der Waals surface area contributed by atoms with Crippen molar-refractivity contribution in [1.29, 1.82) is 0 Å². The summed E-state index contributed by atoms with van der Waals surface area (Å²) in [5.74, 6) is 1.60. The zero-order valence-electron chi connectivity index (χ0n) is 12.7. The van der Waals surface area contributed by atoms with Crippen molar-refractivity contribution in [3.8, 4) is 0 Å². The van der Waals surface area contributed by atoms with Crippen molar-refractivity contribution < 1.29 is 4.79 Å². The van der Waals surface area contributed by atoms with Crippen LogP contribution in [0.1, 0.15) is 49.1 Å². The molecular formula is C15H23N5O. The zero-order valence-corrected chi connectivity index (χ0v) is 12.7. The molecule has 6 nitrogen and oxygen atoms in total. The summed E-state index contributed by atoms with van der Waals surface area (Å²) >= 11 is 0. The Kier molecular flexibility index (Phi) is 3.21. The smallest absolute Gasteiger partial charge is 0.292 e. The van der Waals surface area contributed by atoms with Gasteiger partial charge in [-0.25, -0.2) is 0 Å². The van der Waals surface area contributed by atoms with E-state index < -0.39 is 0 Å². The minimum atomic E-state index is 0.0681. The van der Waals surface area contributed by atoms with Gasteiger partial charge < -0.3 is 9.47 Å². The molecule has 2 aliphatic heterocycles. The number of amides is 1. The molecule has 2 fully saturated rings. The Hall–Kier alpha value is -1.43. The largest absolute Gasteiger partial charge is 0.331 e. The zero-order chi connectivity index (χ0) is 14.4. The Morgan fingerprint density at radius 2 is 2.00 bits per heavy atom. The molecule has 1 aromatic rings. The Morgan fingerprint density at radius 3 is 2.76 bits per heavy atom. The lowest BCUT2D eigenvalue weighted by atomic mass is 10.1. The number of fused-ring (bicyclic) bond motifs is 1. The summed E-state index contributed by atoms with van der Waals surface area (Å²) in [7, 11) is 0. The summed E-state index contributed by atoms with van der Waals surface area (Å²) in [6, 6.07) is 1.05. The molecule has 0 N–H and O–H groups in total. The lowest BCUT2D eigenvalue weighted by Gasteiger charge is -2.39. The van der Waals surface area contributed by atoms with Crippen LogP contribution in [-0.2, 0) is 13.0 Å². The number of nitrogens with zero attached hydrogens (tertiary/aromatic N) is 5. The van der Waals surface area contributed by atoms with Crippen LogP contribution in [0.25, 0.3) is 0 Å². The van der Waals surface area contributed by atoms with Crippen molar-refractivity contribution in [2.45, 2.75) is 57.7 Å². The monoisotopic (exact) mass is 289 g/mol. The third kappa shape index (κ3) is 2.35. The van der Waals surface area contributed by atoms with Crippen molar-refractivity contribution in [3.05, 3.63) is 11.6 Å². The SMILES string of the molecule is CC1CN(C2CC2)CCN1C(=O)c1nnc2n1CCCC2. The van der Waals surface area contributed by atoms with Gasteiger partial charge in [0.1, 0.15) is 5.82 Å². The molecule has 0 aromatic carbocycles. The quantitative estimate of drug-likeness (QED) is 0.812. The molecule has 1 unspecified atom stereocenters. The molecule has 1 amide bonds. The van der Waals surface area contributed by atoms with E-state index >= 15 is 0 Å². The first-order valence-electron chi connectivity index (χ1n) is 8.21. The molecule has 1 saturated carbocycles. The molecule has 4 rings (SSSR count). The maximum Gasteiger partial charge on any atom is 0.292 e. The minimum absolute atomic E-state index is 0.0681. The van der Waals surface area contributed by atoms with Gasteiger partial charge in [0.15, 0.2) is 0 Å². The summed E-state index contributed by atoms with van der Waals surface area (Å²) in [5.41, 5.74) is 0. The lowest BCUT2D eigenvalue weighted by molar-refractivity contribution is 0.0456. The first kappa shape index (κ1) is 13.2. The fourth-order valence-corrected chi connectivity index (χ4v) is 3.65. The molecule has 114 valence electrons. The van der Waals surface area contributed by atoms with Gasteiger partial charge >= 0.3 is 0 Å². The number of aryl methyl sites for hydroxylation is 1. The molecule has 0 bridgehead atoms. The van der Waals surface area contributed by atoms with Crippen molar-refractivity contribution in [2.24, 2.45) is 0 Å². The normalized spacial score (nSPS) is 26.7. The van der Waals surface area contributed by atoms with Crippen LogP contribution >= 0.6 is 0 Å². The van der Waals surface area contributed by atoms with Crippen molar-refractivity contribution in [1.82, 2.24) is 24.6 Å². The molecule has 3 heterocycles. The predicted molar refractivity (Wildman–Crippen MR) is 78.1 cm³/mol. The average molecular weight is 289 g/mol. The van der Waals surface area contributed by atoms with Gasteiger partial charge in [0.2, 0.25) is 5.82 Å². The Bertz CT molecular complexity index is 550. The van der Waals surface area contributed by atoms with Crippen molar-refractivity contribution in [2.75, 3.05) is 19.6 Å². The maximum atomic E-state index is 12.8. The number of rotatable bonds is 2. The first-order chi connectivity index (χ1) is 10.2. The molecule has 0 spiro atoms. The Morgan fingerprint density at radius 1 is 1.14 bits per heavy atom. The molecule has 1 saturated heterocycles. The number of carbonyl (C=O) groups excluding carboxylic acids is 1.